The third-order valence-electron chi connectivity index (χ3n) is 3.97. The fourth-order valence-corrected chi connectivity index (χ4v) is 2.77. The van der Waals surface area contributed by atoms with Crippen molar-refractivity contribution in [1.82, 2.24) is 9.80 Å². The Bertz CT molecular complexity index is 363. The van der Waals surface area contributed by atoms with Crippen molar-refractivity contribution in [3.8, 4) is 0 Å². The van der Waals surface area contributed by atoms with E-state index >= 15 is 0 Å². The Morgan fingerprint density at radius 2 is 1.90 bits per heavy atom. The summed E-state index contributed by atoms with van der Waals surface area (Å²) in [5.74, 6) is -0.219. The van der Waals surface area contributed by atoms with Gasteiger partial charge in [0.1, 0.15) is 0 Å². The SMILES string of the molecule is CC1CCN(C(=O)N(CCC(=O)O)C(C)(C)C)C(C)C1. The smallest absolute Gasteiger partial charge is 0.320 e. The molecular formula is C15H28N2O3. The van der Waals surface area contributed by atoms with Gasteiger partial charge in [-0.2, -0.15) is 0 Å². The summed E-state index contributed by atoms with van der Waals surface area (Å²) in [5.41, 5.74) is -0.366. The van der Waals surface area contributed by atoms with Gasteiger partial charge in [-0.05, 0) is 46.5 Å². The summed E-state index contributed by atoms with van der Waals surface area (Å²) in [5, 5.41) is 8.86. The van der Waals surface area contributed by atoms with Crippen molar-refractivity contribution in [2.75, 3.05) is 13.1 Å². The Morgan fingerprint density at radius 1 is 1.30 bits per heavy atom. The van der Waals surface area contributed by atoms with E-state index in [9.17, 15) is 9.59 Å². The number of urea groups is 1. The molecule has 0 bridgehead atoms. The summed E-state index contributed by atoms with van der Waals surface area (Å²) in [6.07, 6.45) is 2.03. The maximum Gasteiger partial charge on any atom is 0.320 e. The molecule has 0 radical (unpaired) electrons. The highest BCUT2D eigenvalue weighted by atomic mass is 16.4. The van der Waals surface area contributed by atoms with Crippen LogP contribution >= 0.6 is 0 Å². The highest BCUT2D eigenvalue weighted by Gasteiger charge is 2.34. The zero-order chi connectivity index (χ0) is 15.5. The van der Waals surface area contributed by atoms with Crippen molar-refractivity contribution in [2.24, 2.45) is 5.92 Å². The molecule has 1 saturated heterocycles. The number of carbonyl (C=O) groups excluding carboxylic acids is 1. The van der Waals surface area contributed by atoms with Crippen molar-refractivity contribution in [1.29, 1.82) is 0 Å². The predicted octanol–water partition coefficient (Wildman–Crippen LogP) is 2.80. The Morgan fingerprint density at radius 3 is 2.35 bits per heavy atom. The van der Waals surface area contributed by atoms with E-state index < -0.39 is 5.97 Å². The first-order valence-corrected chi connectivity index (χ1v) is 7.43. The molecule has 0 saturated carbocycles. The van der Waals surface area contributed by atoms with E-state index in [2.05, 4.69) is 13.8 Å². The van der Waals surface area contributed by atoms with Gasteiger partial charge in [0.25, 0.3) is 0 Å². The third-order valence-corrected chi connectivity index (χ3v) is 3.97. The van der Waals surface area contributed by atoms with Gasteiger partial charge < -0.3 is 14.9 Å². The molecule has 5 nitrogen and oxygen atoms in total. The fourth-order valence-electron chi connectivity index (χ4n) is 2.77. The number of nitrogens with zero attached hydrogens (tertiary/aromatic N) is 2. The Balaban J connectivity index is 2.79. The Hall–Kier alpha value is -1.26. The maximum atomic E-state index is 12.7. The Kier molecular flexibility index (Phi) is 5.42. The molecule has 2 unspecified atom stereocenters. The summed E-state index contributed by atoms with van der Waals surface area (Å²) in [6, 6.07) is 0.194. The predicted molar refractivity (Wildman–Crippen MR) is 78.7 cm³/mol. The molecule has 20 heavy (non-hydrogen) atoms. The van der Waals surface area contributed by atoms with Gasteiger partial charge in [0.15, 0.2) is 0 Å². The van der Waals surface area contributed by atoms with Gasteiger partial charge in [-0.3, -0.25) is 4.79 Å². The minimum atomic E-state index is -0.868. The number of likely N-dealkylation sites (tertiary alicyclic amines) is 1. The van der Waals surface area contributed by atoms with E-state index in [4.69, 9.17) is 5.11 Å². The number of carboxylic acid groups (broad SMARTS) is 1. The molecule has 0 aromatic heterocycles. The van der Waals surface area contributed by atoms with Crippen molar-refractivity contribution in [2.45, 2.75) is 65.5 Å². The average Bonchev–Trinajstić information content (AvgIpc) is 2.26. The van der Waals surface area contributed by atoms with Crippen LogP contribution in [0.2, 0.25) is 0 Å². The van der Waals surface area contributed by atoms with Crippen molar-refractivity contribution in [3.05, 3.63) is 0 Å². The van der Waals surface area contributed by atoms with Crippen LogP contribution in [0.3, 0.4) is 0 Å². The van der Waals surface area contributed by atoms with Gasteiger partial charge in [0, 0.05) is 24.7 Å². The fraction of sp³-hybridized carbons (Fsp3) is 0.867. The first-order chi connectivity index (χ1) is 9.12. The standard InChI is InChI=1S/C15H28N2O3/c1-11-6-8-16(12(2)10-11)14(20)17(15(3,4)5)9-7-13(18)19/h11-12H,6-10H2,1-5H3,(H,18,19). The van der Waals surface area contributed by atoms with Crippen LogP contribution in [0.25, 0.3) is 0 Å². The van der Waals surface area contributed by atoms with Crippen molar-refractivity contribution >= 4 is 12.0 Å². The van der Waals surface area contributed by atoms with Gasteiger partial charge in [-0.25, -0.2) is 4.79 Å². The number of piperidine rings is 1. The van der Waals surface area contributed by atoms with Crippen LogP contribution in [0.5, 0.6) is 0 Å². The molecule has 1 rings (SSSR count). The van der Waals surface area contributed by atoms with Crippen molar-refractivity contribution < 1.29 is 14.7 Å². The summed E-state index contributed by atoms with van der Waals surface area (Å²) < 4.78 is 0. The van der Waals surface area contributed by atoms with E-state index in [0.717, 1.165) is 19.4 Å². The summed E-state index contributed by atoms with van der Waals surface area (Å²) in [4.78, 5) is 27.1. The van der Waals surface area contributed by atoms with E-state index in [0.29, 0.717) is 5.92 Å². The molecule has 0 spiro atoms. The van der Waals surface area contributed by atoms with Gasteiger partial charge in [0.05, 0.1) is 6.42 Å². The van der Waals surface area contributed by atoms with Gasteiger partial charge in [-0.1, -0.05) is 6.92 Å². The lowest BCUT2D eigenvalue weighted by atomic mass is 9.93. The highest BCUT2D eigenvalue weighted by Crippen LogP contribution is 2.25. The molecule has 1 aliphatic heterocycles. The van der Waals surface area contributed by atoms with Crippen LogP contribution in [-0.2, 0) is 4.79 Å². The summed E-state index contributed by atoms with van der Waals surface area (Å²) in [6.45, 7) is 11.2. The van der Waals surface area contributed by atoms with Crippen LogP contribution in [0.4, 0.5) is 4.79 Å². The second-order valence-corrected chi connectivity index (χ2v) is 6.92. The largest absolute Gasteiger partial charge is 0.481 e. The molecule has 116 valence electrons. The monoisotopic (exact) mass is 284 g/mol. The zero-order valence-electron chi connectivity index (χ0n) is 13.3. The number of carboxylic acids is 1. The van der Waals surface area contributed by atoms with E-state index in [-0.39, 0.29) is 30.6 Å². The van der Waals surface area contributed by atoms with Gasteiger partial charge in [-0.15, -0.1) is 0 Å². The molecule has 1 fully saturated rings. The van der Waals surface area contributed by atoms with E-state index in [1.807, 2.05) is 25.7 Å². The molecule has 0 aromatic carbocycles. The number of hydrogen-bond acceptors (Lipinski definition) is 2. The van der Waals surface area contributed by atoms with Gasteiger partial charge >= 0.3 is 12.0 Å². The minimum absolute atomic E-state index is 0.0123. The Labute approximate surface area is 121 Å². The van der Waals surface area contributed by atoms with Crippen LogP contribution < -0.4 is 0 Å². The lowest BCUT2D eigenvalue weighted by molar-refractivity contribution is -0.137. The number of hydrogen-bond donors (Lipinski definition) is 1. The van der Waals surface area contributed by atoms with Crippen molar-refractivity contribution in [3.63, 3.8) is 0 Å². The normalized spacial score (nSPS) is 23.6. The number of rotatable bonds is 3. The second-order valence-electron chi connectivity index (χ2n) is 6.92. The maximum absolute atomic E-state index is 12.7. The molecule has 1 aliphatic rings. The quantitative estimate of drug-likeness (QED) is 0.867. The lowest BCUT2D eigenvalue weighted by Crippen LogP contribution is -2.56. The van der Waals surface area contributed by atoms with Crippen LogP contribution in [0.1, 0.15) is 53.9 Å². The van der Waals surface area contributed by atoms with Crippen LogP contribution in [0, 0.1) is 5.92 Å². The molecule has 0 aliphatic carbocycles. The minimum Gasteiger partial charge on any atom is -0.481 e. The average molecular weight is 284 g/mol. The molecule has 5 heteroatoms. The first kappa shape index (κ1) is 16.8. The lowest BCUT2D eigenvalue weighted by Gasteiger charge is -2.43. The topological polar surface area (TPSA) is 60.9 Å². The number of amides is 2. The molecule has 1 N–H and O–H groups in total. The third kappa shape index (κ3) is 4.39. The number of carbonyl (C=O) groups is 2. The summed E-state index contributed by atoms with van der Waals surface area (Å²) >= 11 is 0. The van der Waals surface area contributed by atoms with E-state index in [1.54, 1.807) is 4.90 Å². The first-order valence-electron chi connectivity index (χ1n) is 7.43. The zero-order valence-corrected chi connectivity index (χ0v) is 13.3. The van der Waals surface area contributed by atoms with Crippen LogP contribution in [0.15, 0.2) is 0 Å². The molecule has 2 atom stereocenters. The van der Waals surface area contributed by atoms with E-state index in [1.165, 1.54) is 0 Å². The second kappa shape index (κ2) is 6.46. The molecule has 0 aromatic rings. The molecule has 2 amide bonds. The number of aliphatic carboxylic acids is 1. The molecule has 1 heterocycles. The van der Waals surface area contributed by atoms with Crippen LogP contribution in [-0.4, -0.2) is 51.6 Å². The summed E-state index contributed by atoms with van der Waals surface area (Å²) in [7, 11) is 0. The molecular weight excluding hydrogens is 256 g/mol. The highest BCUT2D eigenvalue weighted by molar-refractivity contribution is 5.76. The van der Waals surface area contributed by atoms with Gasteiger partial charge in [0.2, 0.25) is 0 Å².